The largest absolute Gasteiger partial charge is 0.355 e. The Labute approximate surface area is 198 Å². The van der Waals surface area contributed by atoms with E-state index in [1.165, 1.54) is 43.9 Å². The van der Waals surface area contributed by atoms with E-state index < -0.39 is 0 Å². The molecule has 2 heterocycles. The first-order valence-corrected chi connectivity index (χ1v) is 12.6. The van der Waals surface area contributed by atoms with Gasteiger partial charge in [-0.1, -0.05) is 31.4 Å². The van der Waals surface area contributed by atoms with Gasteiger partial charge in [-0.3, -0.25) is 9.59 Å². The second kappa shape index (κ2) is 10.8. The van der Waals surface area contributed by atoms with Gasteiger partial charge in [-0.2, -0.15) is 5.10 Å². The van der Waals surface area contributed by atoms with Gasteiger partial charge >= 0.3 is 0 Å². The maximum absolute atomic E-state index is 13.0. The molecule has 33 heavy (non-hydrogen) atoms. The molecular weight excluding hydrogens is 434 g/mol. The van der Waals surface area contributed by atoms with E-state index in [4.69, 9.17) is 0 Å². The molecule has 7 nitrogen and oxygen atoms in total. The van der Waals surface area contributed by atoms with Crippen LogP contribution in [0.4, 0.5) is 5.69 Å². The zero-order valence-electron chi connectivity index (χ0n) is 19.2. The fourth-order valence-corrected chi connectivity index (χ4v) is 5.09. The number of nitrogens with zero attached hydrogens (tertiary/aromatic N) is 3. The van der Waals surface area contributed by atoms with Crippen LogP contribution in [0.15, 0.2) is 47.6 Å². The van der Waals surface area contributed by atoms with Gasteiger partial charge < -0.3 is 10.6 Å². The third-order valence-electron chi connectivity index (χ3n) is 5.98. The van der Waals surface area contributed by atoms with Crippen LogP contribution in [0.1, 0.15) is 62.4 Å². The molecule has 1 fully saturated rings. The lowest BCUT2D eigenvalue weighted by molar-refractivity contribution is -0.118. The van der Waals surface area contributed by atoms with Gasteiger partial charge in [-0.05, 0) is 50.8 Å². The molecule has 0 saturated heterocycles. The van der Waals surface area contributed by atoms with E-state index in [-0.39, 0.29) is 17.9 Å². The monoisotopic (exact) mass is 465 g/mol. The van der Waals surface area contributed by atoms with Crippen molar-refractivity contribution in [3.8, 4) is 0 Å². The molecule has 0 aliphatic heterocycles. The summed E-state index contributed by atoms with van der Waals surface area (Å²) in [5.74, 6) is 0.680. The average molecular weight is 466 g/mol. The Bertz CT molecular complexity index is 1120. The third kappa shape index (κ3) is 5.93. The van der Waals surface area contributed by atoms with Crippen LogP contribution in [-0.2, 0) is 4.79 Å². The molecule has 1 saturated carbocycles. The van der Waals surface area contributed by atoms with Crippen LogP contribution in [0.25, 0.3) is 11.0 Å². The van der Waals surface area contributed by atoms with Gasteiger partial charge in [0.15, 0.2) is 5.65 Å². The number of anilines is 1. The first kappa shape index (κ1) is 23.3. The molecule has 0 radical (unpaired) electrons. The molecule has 1 aliphatic rings. The summed E-state index contributed by atoms with van der Waals surface area (Å²) >= 11 is 1.39. The Hall–Kier alpha value is -2.87. The van der Waals surface area contributed by atoms with E-state index >= 15 is 0 Å². The van der Waals surface area contributed by atoms with Crippen LogP contribution < -0.4 is 10.6 Å². The highest BCUT2D eigenvalue weighted by atomic mass is 32.2. The topological polar surface area (TPSA) is 88.9 Å². The van der Waals surface area contributed by atoms with Gasteiger partial charge in [-0.25, -0.2) is 9.67 Å². The first-order chi connectivity index (χ1) is 16.0. The second-order valence-corrected chi connectivity index (χ2v) is 9.88. The number of aromatic nitrogens is 3. The highest BCUT2D eigenvalue weighted by Crippen LogP contribution is 2.25. The van der Waals surface area contributed by atoms with Gasteiger partial charge in [-0.15, -0.1) is 11.8 Å². The second-order valence-electron chi connectivity index (χ2n) is 8.87. The summed E-state index contributed by atoms with van der Waals surface area (Å²) < 4.78 is 1.85. The van der Waals surface area contributed by atoms with Crippen molar-refractivity contribution >= 4 is 40.3 Å². The number of fused-ring (bicyclic) bond motifs is 1. The maximum Gasteiger partial charge on any atom is 0.256 e. The van der Waals surface area contributed by atoms with Crippen LogP contribution in [-0.4, -0.2) is 38.9 Å². The average Bonchev–Trinajstić information content (AvgIpc) is 3.26. The smallest absolute Gasteiger partial charge is 0.256 e. The fourth-order valence-electron chi connectivity index (χ4n) is 4.21. The number of benzene rings is 1. The molecule has 2 aromatic heterocycles. The van der Waals surface area contributed by atoms with Crippen molar-refractivity contribution in [2.24, 2.45) is 5.92 Å². The highest BCUT2D eigenvalue weighted by Gasteiger charge is 2.16. The summed E-state index contributed by atoms with van der Waals surface area (Å²) in [6.07, 6.45) is 9.65. The third-order valence-corrected chi connectivity index (χ3v) is 7.06. The van der Waals surface area contributed by atoms with E-state index in [9.17, 15) is 9.59 Å². The number of hydrogen-bond donors (Lipinski definition) is 2. The molecule has 8 heteroatoms. The van der Waals surface area contributed by atoms with Crippen molar-refractivity contribution in [2.75, 3.05) is 17.6 Å². The molecule has 3 aromatic rings. The van der Waals surface area contributed by atoms with Crippen LogP contribution in [0.5, 0.6) is 0 Å². The summed E-state index contributed by atoms with van der Waals surface area (Å²) in [6, 6.07) is 9.45. The predicted octanol–water partition coefficient (Wildman–Crippen LogP) is 5.05. The molecule has 4 rings (SSSR count). The normalized spacial score (nSPS) is 14.5. The lowest BCUT2D eigenvalue weighted by atomic mass is 9.89. The van der Waals surface area contributed by atoms with Crippen molar-refractivity contribution < 1.29 is 9.59 Å². The Morgan fingerprint density at radius 2 is 1.94 bits per heavy atom. The van der Waals surface area contributed by atoms with Crippen molar-refractivity contribution in [1.82, 2.24) is 20.1 Å². The molecule has 1 aliphatic carbocycles. The first-order valence-electron chi connectivity index (χ1n) is 11.6. The zero-order valence-corrected chi connectivity index (χ0v) is 20.0. The van der Waals surface area contributed by atoms with E-state index in [2.05, 4.69) is 34.6 Å². The number of carbonyl (C=O) groups excluding carboxylic acids is 2. The quantitative estimate of drug-likeness (QED) is 0.454. The molecule has 0 spiro atoms. The Morgan fingerprint density at radius 3 is 2.73 bits per heavy atom. The van der Waals surface area contributed by atoms with Crippen LogP contribution in [0, 0.1) is 5.92 Å². The Morgan fingerprint density at radius 1 is 1.15 bits per heavy atom. The summed E-state index contributed by atoms with van der Waals surface area (Å²) in [5, 5.41) is 11.2. The number of carbonyl (C=O) groups is 2. The minimum absolute atomic E-state index is 0.0117. The van der Waals surface area contributed by atoms with Gasteiger partial charge in [0.2, 0.25) is 5.91 Å². The lowest BCUT2D eigenvalue weighted by Gasteiger charge is -2.21. The maximum atomic E-state index is 13.0. The van der Waals surface area contributed by atoms with E-state index in [0.29, 0.717) is 22.9 Å². The summed E-state index contributed by atoms with van der Waals surface area (Å²) in [6.45, 7) is 4.85. The van der Waals surface area contributed by atoms with E-state index in [0.717, 1.165) is 22.5 Å². The van der Waals surface area contributed by atoms with Crippen molar-refractivity contribution in [3.63, 3.8) is 0 Å². The molecule has 174 valence electrons. The lowest BCUT2D eigenvalue weighted by Crippen LogP contribution is -2.31. The van der Waals surface area contributed by atoms with Gasteiger partial charge in [0, 0.05) is 22.9 Å². The van der Waals surface area contributed by atoms with Crippen LogP contribution >= 0.6 is 11.8 Å². The molecule has 1 aromatic carbocycles. The molecule has 2 N–H and O–H groups in total. The standard InChI is InChI=1S/C25H31N5O2S/c1-17(2)30-24-19(14-28-30)12-20(15-27-24)29-25(32)21-10-6-7-11-22(21)33-16-23(31)26-13-18-8-4-3-5-9-18/h6-7,10-12,14-15,17-18H,3-5,8-9,13,16H2,1-2H3,(H,26,31)(H,29,32). The number of rotatable bonds is 8. The van der Waals surface area contributed by atoms with Crippen molar-refractivity contribution in [2.45, 2.75) is 56.9 Å². The molecule has 0 bridgehead atoms. The summed E-state index contributed by atoms with van der Waals surface area (Å²) in [4.78, 5) is 30.6. The Balaban J connectivity index is 1.36. The fraction of sp³-hybridized carbons (Fsp3) is 0.440. The van der Waals surface area contributed by atoms with E-state index in [1.54, 1.807) is 18.5 Å². The number of pyridine rings is 1. The molecule has 2 amide bonds. The minimum atomic E-state index is -0.224. The summed E-state index contributed by atoms with van der Waals surface area (Å²) in [5.41, 5.74) is 1.94. The van der Waals surface area contributed by atoms with Gasteiger partial charge in [0.1, 0.15) is 0 Å². The summed E-state index contributed by atoms with van der Waals surface area (Å²) in [7, 11) is 0. The van der Waals surface area contributed by atoms with Gasteiger partial charge in [0.05, 0.1) is 29.4 Å². The molecular formula is C25H31N5O2S. The number of hydrogen-bond acceptors (Lipinski definition) is 5. The van der Waals surface area contributed by atoms with Crippen molar-refractivity contribution in [3.05, 3.63) is 48.3 Å². The van der Waals surface area contributed by atoms with Crippen LogP contribution in [0.3, 0.4) is 0 Å². The highest BCUT2D eigenvalue weighted by molar-refractivity contribution is 8.00. The minimum Gasteiger partial charge on any atom is -0.355 e. The zero-order chi connectivity index (χ0) is 23.2. The Kier molecular flexibility index (Phi) is 7.65. The molecule has 0 atom stereocenters. The van der Waals surface area contributed by atoms with Crippen LogP contribution in [0.2, 0.25) is 0 Å². The van der Waals surface area contributed by atoms with Crippen molar-refractivity contribution in [1.29, 1.82) is 0 Å². The number of thioether (sulfide) groups is 1. The number of amides is 2. The SMILES string of the molecule is CC(C)n1ncc2cc(NC(=O)c3ccccc3SCC(=O)NCC3CCCCC3)cnc21. The number of nitrogens with one attached hydrogen (secondary N) is 2. The predicted molar refractivity (Wildman–Crippen MR) is 133 cm³/mol. The van der Waals surface area contributed by atoms with E-state index in [1.807, 2.05) is 28.9 Å². The molecule has 0 unspecified atom stereocenters. The van der Waals surface area contributed by atoms with Gasteiger partial charge in [0.25, 0.3) is 5.91 Å².